The molecule has 0 unspecified atom stereocenters. The topological polar surface area (TPSA) is 73.3 Å². The largest absolute Gasteiger partial charge is 0.454 e. The lowest BCUT2D eigenvalue weighted by Crippen LogP contribution is -2.15. The van der Waals surface area contributed by atoms with Crippen LogP contribution >= 0.6 is 11.3 Å². The molecule has 1 aliphatic carbocycles. The molecule has 6 rings (SSSR count). The Balaban J connectivity index is 1.33. The summed E-state index contributed by atoms with van der Waals surface area (Å²) >= 11 is 1.41. The van der Waals surface area contributed by atoms with Crippen LogP contribution in [0.4, 0.5) is 5.13 Å². The van der Waals surface area contributed by atoms with Crippen LogP contribution in [-0.2, 0) is 12.8 Å². The standard InChI is InChI=1S/C23H17N3O3S/c27-22(21-14-4-1-2-6-16(14)24-17-7-3-5-15(17)21)26-23-25-18(11-30-23)13-8-9-19-20(10-13)29-12-28-19/h1-2,4,6,8-11H,3,5,7,12H2,(H,25,26,27). The normalized spacial score (nSPS) is 14.1. The van der Waals surface area contributed by atoms with E-state index in [1.54, 1.807) is 0 Å². The average molecular weight is 415 g/mol. The molecule has 2 aromatic carbocycles. The van der Waals surface area contributed by atoms with Crippen molar-refractivity contribution in [3.63, 3.8) is 0 Å². The molecule has 1 amide bonds. The van der Waals surface area contributed by atoms with Gasteiger partial charge in [-0.1, -0.05) is 18.2 Å². The summed E-state index contributed by atoms with van der Waals surface area (Å²) in [4.78, 5) is 22.7. The van der Waals surface area contributed by atoms with Crippen molar-refractivity contribution < 1.29 is 14.3 Å². The second kappa shape index (κ2) is 6.81. The lowest BCUT2D eigenvalue weighted by Gasteiger charge is -2.11. The van der Waals surface area contributed by atoms with Crippen molar-refractivity contribution >= 4 is 33.3 Å². The minimum absolute atomic E-state index is 0.127. The van der Waals surface area contributed by atoms with E-state index in [9.17, 15) is 4.79 Å². The highest BCUT2D eigenvalue weighted by Gasteiger charge is 2.24. The third-order valence-corrected chi connectivity index (χ3v) is 6.30. The first-order valence-corrected chi connectivity index (χ1v) is 10.7. The molecule has 0 bridgehead atoms. The lowest BCUT2D eigenvalue weighted by molar-refractivity contribution is 0.102. The first-order chi connectivity index (χ1) is 14.8. The van der Waals surface area contributed by atoms with Gasteiger partial charge in [0, 0.05) is 22.0 Å². The van der Waals surface area contributed by atoms with Gasteiger partial charge in [-0.05, 0) is 49.1 Å². The zero-order valence-electron chi connectivity index (χ0n) is 16.0. The number of carbonyl (C=O) groups is 1. The van der Waals surface area contributed by atoms with Crippen molar-refractivity contribution in [2.24, 2.45) is 0 Å². The van der Waals surface area contributed by atoms with Crippen molar-refractivity contribution in [1.29, 1.82) is 0 Å². The summed E-state index contributed by atoms with van der Waals surface area (Å²) in [5.41, 5.74) is 5.42. The van der Waals surface area contributed by atoms with Gasteiger partial charge in [0.2, 0.25) is 6.79 Å². The number of fused-ring (bicyclic) bond motifs is 3. The summed E-state index contributed by atoms with van der Waals surface area (Å²) in [7, 11) is 0. The molecule has 0 saturated carbocycles. The molecule has 4 aromatic rings. The highest BCUT2D eigenvalue weighted by Crippen LogP contribution is 2.37. The molecule has 0 saturated heterocycles. The van der Waals surface area contributed by atoms with Gasteiger partial charge >= 0.3 is 0 Å². The summed E-state index contributed by atoms with van der Waals surface area (Å²) < 4.78 is 10.8. The maximum absolute atomic E-state index is 13.3. The van der Waals surface area contributed by atoms with Crippen molar-refractivity contribution in [2.75, 3.05) is 12.1 Å². The predicted molar refractivity (Wildman–Crippen MR) is 115 cm³/mol. The van der Waals surface area contributed by atoms with Crippen LogP contribution in [0.25, 0.3) is 22.2 Å². The molecule has 3 heterocycles. The lowest BCUT2D eigenvalue weighted by atomic mass is 10.0. The molecule has 0 radical (unpaired) electrons. The summed E-state index contributed by atoms with van der Waals surface area (Å²) in [6.45, 7) is 0.237. The highest BCUT2D eigenvalue weighted by atomic mass is 32.1. The number of anilines is 1. The average Bonchev–Trinajstić information content (AvgIpc) is 3.51. The van der Waals surface area contributed by atoms with E-state index in [-0.39, 0.29) is 12.7 Å². The van der Waals surface area contributed by atoms with Crippen LogP contribution < -0.4 is 14.8 Å². The second-order valence-corrected chi connectivity index (χ2v) is 8.20. The van der Waals surface area contributed by atoms with Crippen molar-refractivity contribution in [3.05, 3.63) is 64.7 Å². The number of amides is 1. The quantitative estimate of drug-likeness (QED) is 0.519. The Kier molecular flexibility index (Phi) is 3.95. The highest BCUT2D eigenvalue weighted by molar-refractivity contribution is 7.14. The Morgan fingerprint density at radius 3 is 2.90 bits per heavy atom. The molecule has 1 aliphatic heterocycles. The fraction of sp³-hybridized carbons (Fsp3) is 0.174. The maximum Gasteiger partial charge on any atom is 0.258 e. The molecular formula is C23H17N3O3S. The number of carbonyl (C=O) groups excluding carboxylic acids is 1. The number of aryl methyl sites for hydroxylation is 1. The SMILES string of the molecule is O=C(Nc1nc(-c2ccc3c(c2)OCO3)cs1)c1c2c(nc3ccccc13)CCC2. The Labute approximate surface area is 176 Å². The van der Waals surface area contributed by atoms with Crippen LogP contribution in [0.2, 0.25) is 0 Å². The third kappa shape index (κ3) is 2.81. The van der Waals surface area contributed by atoms with Crippen LogP contribution in [0.15, 0.2) is 47.8 Å². The Bertz CT molecular complexity index is 1310. The van der Waals surface area contributed by atoms with E-state index in [1.807, 2.05) is 47.8 Å². The second-order valence-electron chi connectivity index (χ2n) is 7.34. The van der Waals surface area contributed by atoms with Crippen LogP contribution in [-0.4, -0.2) is 22.7 Å². The van der Waals surface area contributed by atoms with Gasteiger partial charge in [0.25, 0.3) is 5.91 Å². The summed E-state index contributed by atoms with van der Waals surface area (Å²) in [6, 6.07) is 13.6. The number of ether oxygens (including phenoxy) is 2. The molecule has 148 valence electrons. The smallest absolute Gasteiger partial charge is 0.258 e. The Morgan fingerprint density at radius 1 is 1.03 bits per heavy atom. The molecule has 6 nitrogen and oxygen atoms in total. The molecule has 30 heavy (non-hydrogen) atoms. The first-order valence-electron chi connectivity index (χ1n) is 9.84. The zero-order valence-corrected chi connectivity index (χ0v) is 16.8. The van der Waals surface area contributed by atoms with Gasteiger partial charge in [0.05, 0.1) is 16.8 Å². The van der Waals surface area contributed by atoms with Gasteiger partial charge in [0.1, 0.15) is 0 Å². The first kappa shape index (κ1) is 17.4. The molecule has 0 atom stereocenters. The number of nitrogens with one attached hydrogen (secondary N) is 1. The molecule has 0 fully saturated rings. The Morgan fingerprint density at radius 2 is 1.93 bits per heavy atom. The van der Waals surface area contributed by atoms with Crippen LogP contribution in [0.3, 0.4) is 0 Å². The number of thiazole rings is 1. The van der Waals surface area contributed by atoms with E-state index < -0.39 is 0 Å². The van der Waals surface area contributed by atoms with E-state index in [2.05, 4.69) is 10.3 Å². The van der Waals surface area contributed by atoms with Crippen molar-refractivity contribution in [2.45, 2.75) is 19.3 Å². The van der Waals surface area contributed by atoms with Crippen molar-refractivity contribution in [1.82, 2.24) is 9.97 Å². The Hall–Kier alpha value is -3.45. The predicted octanol–water partition coefficient (Wildman–Crippen LogP) is 4.83. The van der Waals surface area contributed by atoms with Gasteiger partial charge in [0.15, 0.2) is 16.6 Å². The van der Waals surface area contributed by atoms with E-state index >= 15 is 0 Å². The molecule has 1 N–H and O–H groups in total. The van der Waals surface area contributed by atoms with Crippen LogP contribution in [0, 0.1) is 0 Å². The number of para-hydroxylation sites is 1. The number of rotatable bonds is 3. The summed E-state index contributed by atoms with van der Waals surface area (Å²) in [5.74, 6) is 1.32. The minimum Gasteiger partial charge on any atom is -0.454 e. The molecule has 7 heteroatoms. The van der Waals surface area contributed by atoms with Crippen molar-refractivity contribution in [3.8, 4) is 22.8 Å². The molecule has 0 spiro atoms. The molecule has 2 aromatic heterocycles. The number of benzene rings is 2. The van der Waals surface area contributed by atoms with Gasteiger partial charge in [-0.25, -0.2) is 4.98 Å². The number of nitrogens with zero attached hydrogens (tertiary/aromatic N) is 2. The fourth-order valence-corrected chi connectivity index (χ4v) is 4.86. The van der Waals surface area contributed by atoms with Crippen LogP contribution in [0.1, 0.15) is 28.0 Å². The van der Waals surface area contributed by atoms with Gasteiger partial charge in [-0.15, -0.1) is 11.3 Å². The number of aromatic nitrogens is 2. The van der Waals surface area contributed by atoms with E-state index in [1.165, 1.54) is 11.3 Å². The zero-order chi connectivity index (χ0) is 20.1. The van der Waals surface area contributed by atoms with Gasteiger partial charge in [-0.3, -0.25) is 15.1 Å². The number of hydrogen-bond donors (Lipinski definition) is 1. The van der Waals surface area contributed by atoms with E-state index in [0.717, 1.165) is 64.0 Å². The van der Waals surface area contributed by atoms with Crippen LogP contribution in [0.5, 0.6) is 11.5 Å². The summed E-state index contributed by atoms with van der Waals surface area (Å²) in [6.07, 6.45) is 2.84. The monoisotopic (exact) mass is 415 g/mol. The molecular weight excluding hydrogens is 398 g/mol. The molecule has 2 aliphatic rings. The minimum atomic E-state index is -0.127. The van der Waals surface area contributed by atoms with Gasteiger partial charge in [-0.2, -0.15) is 0 Å². The van der Waals surface area contributed by atoms with E-state index in [4.69, 9.17) is 14.5 Å². The number of hydrogen-bond acceptors (Lipinski definition) is 6. The summed E-state index contributed by atoms with van der Waals surface area (Å²) in [5, 5.41) is 6.40. The van der Waals surface area contributed by atoms with Gasteiger partial charge < -0.3 is 9.47 Å². The maximum atomic E-state index is 13.3. The fourth-order valence-electron chi connectivity index (χ4n) is 4.15. The van der Waals surface area contributed by atoms with E-state index in [0.29, 0.717) is 10.9 Å². The third-order valence-electron chi connectivity index (χ3n) is 5.54. The number of pyridine rings is 1.